The minimum absolute atomic E-state index is 0.173. The van der Waals surface area contributed by atoms with Crippen LogP contribution in [0.2, 0.25) is 0 Å². The van der Waals surface area contributed by atoms with Crippen LogP contribution in [0.4, 0.5) is 4.79 Å². The first-order valence-corrected chi connectivity index (χ1v) is 5.38. The van der Waals surface area contributed by atoms with E-state index in [0.29, 0.717) is 18.7 Å². The van der Waals surface area contributed by atoms with Gasteiger partial charge in [0.05, 0.1) is 12.3 Å². The summed E-state index contributed by atoms with van der Waals surface area (Å²) in [7, 11) is 0. The summed E-state index contributed by atoms with van der Waals surface area (Å²) in [5, 5.41) is 11.5. The Morgan fingerprint density at radius 3 is 3.00 bits per heavy atom. The lowest BCUT2D eigenvalue weighted by Crippen LogP contribution is -2.27. The van der Waals surface area contributed by atoms with E-state index >= 15 is 0 Å². The van der Waals surface area contributed by atoms with Crippen molar-refractivity contribution in [3.8, 4) is 0 Å². The Morgan fingerprint density at radius 2 is 2.44 bits per heavy atom. The number of carboxylic acid groups (broad SMARTS) is 1. The van der Waals surface area contributed by atoms with E-state index in [1.54, 1.807) is 5.38 Å². The molecule has 0 aromatic carbocycles. The maximum Gasteiger partial charge on any atom is 0.432 e. The van der Waals surface area contributed by atoms with Crippen LogP contribution in [-0.4, -0.2) is 33.8 Å². The highest BCUT2D eigenvalue weighted by Crippen LogP contribution is 2.30. The van der Waals surface area contributed by atoms with Gasteiger partial charge < -0.3 is 10.8 Å². The number of hydrogen-bond acceptors (Lipinski definition) is 5. The van der Waals surface area contributed by atoms with E-state index in [9.17, 15) is 9.59 Å². The summed E-state index contributed by atoms with van der Waals surface area (Å²) in [6.45, 7) is 0.320. The largest absolute Gasteiger partial charge is 0.463 e. The van der Waals surface area contributed by atoms with Crippen molar-refractivity contribution in [3.05, 3.63) is 16.1 Å². The number of primary amides is 1. The number of nitrogens with two attached hydrogens (primary N) is 1. The van der Waals surface area contributed by atoms with Crippen LogP contribution in [0, 0.1) is 0 Å². The molecule has 1 aliphatic heterocycles. The van der Waals surface area contributed by atoms with Crippen LogP contribution in [0.5, 0.6) is 0 Å². The summed E-state index contributed by atoms with van der Waals surface area (Å²) in [6, 6.07) is -0.457. The monoisotopic (exact) mass is 243 g/mol. The third-order valence-electron chi connectivity index (χ3n) is 2.17. The number of carbonyl (C=O) groups excluding carboxylic acids is 1. The summed E-state index contributed by atoms with van der Waals surface area (Å²) >= 11 is 1.10. The molecule has 0 unspecified atom stereocenters. The van der Waals surface area contributed by atoms with Crippen LogP contribution in [0.3, 0.4) is 0 Å². The molecule has 1 aromatic rings. The molecule has 0 aliphatic carbocycles. The molecule has 0 radical (unpaired) electrons. The molecule has 0 saturated carbocycles. The quantitative estimate of drug-likeness (QED) is 0.791. The normalized spacial score (nSPS) is 20.0. The third-order valence-corrected chi connectivity index (χ3v) is 3.04. The van der Waals surface area contributed by atoms with E-state index in [2.05, 4.69) is 4.98 Å². The van der Waals surface area contributed by atoms with Gasteiger partial charge in [-0.1, -0.05) is 0 Å². The number of hydrogen-bond donors (Lipinski definition) is 2. The van der Waals surface area contributed by atoms with Crippen LogP contribution in [0.25, 0.3) is 0 Å². The van der Waals surface area contributed by atoms with Gasteiger partial charge in [0, 0.05) is 11.8 Å². The van der Waals surface area contributed by atoms with Crippen LogP contribution >= 0.6 is 11.3 Å². The number of amides is 2. The Kier molecular flexibility index (Phi) is 2.75. The van der Waals surface area contributed by atoms with Gasteiger partial charge in [-0.25, -0.2) is 9.78 Å². The van der Waals surface area contributed by atoms with Gasteiger partial charge >= 0.3 is 6.09 Å². The molecule has 2 rings (SSSR count). The minimum atomic E-state index is -1.17. The van der Waals surface area contributed by atoms with Gasteiger partial charge in [-0.2, -0.15) is 5.06 Å². The fourth-order valence-corrected chi connectivity index (χ4v) is 2.20. The van der Waals surface area contributed by atoms with Gasteiger partial charge in [0.25, 0.3) is 5.91 Å². The lowest BCUT2D eigenvalue weighted by Gasteiger charge is -2.16. The van der Waals surface area contributed by atoms with E-state index in [0.717, 1.165) is 16.4 Å². The van der Waals surface area contributed by atoms with Gasteiger partial charge in [-0.3, -0.25) is 9.63 Å². The maximum atomic E-state index is 10.9. The second-order valence-corrected chi connectivity index (χ2v) is 4.05. The highest BCUT2D eigenvalue weighted by atomic mass is 32.1. The summed E-state index contributed by atoms with van der Waals surface area (Å²) in [4.78, 5) is 30.6. The summed E-state index contributed by atoms with van der Waals surface area (Å²) in [6.07, 6.45) is -0.648. The van der Waals surface area contributed by atoms with E-state index < -0.39 is 18.0 Å². The maximum absolute atomic E-state index is 10.9. The van der Waals surface area contributed by atoms with E-state index in [1.807, 2.05) is 0 Å². The Hall–Kier alpha value is -1.67. The fraction of sp³-hybridized carbons (Fsp3) is 0.375. The van der Waals surface area contributed by atoms with E-state index in [4.69, 9.17) is 15.7 Å². The summed E-state index contributed by atoms with van der Waals surface area (Å²) in [5.74, 6) is -0.614. The minimum Gasteiger partial charge on any atom is -0.463 e. The van der Waals surface area contributed by atoms with Gasteiger partial charge in [0.2, 0.25) is 0 Å². The van der Waals surface area contributed by atoms with Crippen molar-refractivity contribution in [3.63, 3.8) is 0 Å². The average molecular weight is 243 g/mol. The molecule has 16 heavy (non-hydrogen) atoms. The highest BCUT2D eigenvalue weighted by Gasteiger charge is 2.33. The topological polar surface area (TPSA) is 106 Å². The van der Waals surface area contributed by atoms with Gasteiger partial charge in [-0.05, 0) is 0 Å². The highest BCUT2D eigenvalue weighted by molar-refractivity contribution is 7.11. The van der Waals surface area contributed by atoms with Crippen LogP contribution in [-0.2, 0) is 4.84 Å². The number of rotatable bonds is 2. The second-order valence-electron chi connectivity index (χ2n) is 3.19. The Bertz CT molecular complexity index is 433. The predicted octanol–water partition coefficient (Wildman–Crippen LogP) is 0.598. The Morgan fingerprint density at radius 1 is 1.69 bits per heavy atom. The first-order valence-electron chi connectivity index (χ1n) is 4.50. The van der Waals surface area contributed by atoms with E-state index in [-0.39, 0.29) is 5.01 Å². The molecule has 1 aromatic heterocycles. The van der Waals surface area contributed by atoms with Crippen LogP contribution < -0.4 is 5.73 Å². The van der Waals surface area contributed by atoms with Gasteiger partial charge in [-0.15, -0.1) is 11.3 Å². The molecule has 1 fully saturated rings. The standard InChI is InChI=1S/C8H9N3O4S/c9-6(12)7-10-4(3-16-7)5-1-2-15-11(5)8(13)14/h3,5H,1-2H2,(H2,9,12)(H,13,14)/t5-/m0/s1. The van der Waals surface area contributed by atoms with Crippen molar-refractivity contribution in [1.82, 2.24) is 10.0 Å². The lowest BCUT2D eigenvalue weighted by molar-refractivity contribution is -0.104. The number of nitrogens with zero attached hydrogens (tertiary/aromatic N) is 2. The van der Waals surface area contributed by atoms with Crippen molar-refractivity contribution in [2.75, 3.05) is 6.61 Å². The first-order chi connectivity index (χ1) is 7.59. The summed E-state index contributed by atoms with van der Waals surface area (Å²) < 4.78 is 0. The average Bonchev–Trinajstić information content (AvgIpc) is 2.86. The van der Waals surface area contributed by atoms with Crippen molar-refractivity contribution < 1.29 is 19.5 Å². The molecule has 86 valence electrons. The first kappa shape index (κ1) is 10.8. The molecule has 2 amide bonds. The second kappa shape index (κ2) is 4.06. The molecule has 0 bridgehead atoms. The lowest BCUT2D eigenvalue weighted by atomic mass is 10.2. The molecule has 8 heteroatoms. The van der Waals surface area contributed by atoms with Crippen molar-refractivity contribution >= 4 is 23.3 Å². The van der Waals surface area contributed by atoms with Crippen LogP contribution in [0.15, 0.2) is 5.38 Å². The molecular formula is C8H9N3O4S. The Labute approximate surface area is 94.4 Å². The number of carbonyl (C=O) groups is 2. The van der Waals surface area contributed by atoms with Crippen molar-refractivity contribution in [2.45, 2.75) is 12.5 Å². The molecule has 7 nitrogen and oxygen atoms in total. The van der Waals surface area contributed by atoms with E-state index in [1.165, 1.54) is 0 Å². The summed E-state index contributed by atoms with van der Waals surface area (Å²) in [5.41, 5.74) is 5.57. The fourth-order valence-electron chi connectivity index (χ4n) is 1.48. The molecule has 1 aliphatic rings. The number of hydroxylamine groups is 2. The molecule has 0 spiro atoms. The molecule has 3 N–H and O–H groups in total. The van der Waals surface area contributed by atoms with Gasteiger partial charge in [0.15, 0.2) is 5.01 Å². The van der Waals surface area contributed by atoms with Crippen LogP contribution in [0.1, 0.15) is 28.0 Å². The smallest absolute Gasteiger partial charge is 0.432 e. The zero-order valence-corrected chi connectivity index (χ0v) is 8.94. The van der Waals surface area contributed by atoms with Gasteiger partial charge in [0.1, 0.15) is 6.04 Å². The number of thiazole rings is 1. The third kappa shape index (κ3) is 1.84. The molecule has 1 atom stereocenters. The molecular weight excluding hydrogens is 234 g/mol. The molecule has 2 heterocycles. The predicted molar refractivity (Wildman–Crippen MR) is 53.8 cm³/mol. The van der Waals surface area contributed by atoms with Crippen molar-refractivity contribution in [1.29, 1.82) is 0 Å². The van der Waals surface area contributed by atoms with Crippen molar-refractivity contribution in [2.24, 2.45) is 5.73 Å². The zero-order chi connectivity index (χ0) is 11.7. The molecule has 1 saturated heterocycles. The Balaban J connectivity index is 2.22. The zero-order valence-electron chi connectivity index (χ0n) is 8.12. The number of aromatic nitrogens is 1. The SMILES string of the molecule is NC(=O)c1nc([C@@H]2CCON2C(=O)O)cs1.